The summed E-state index contributed by atoms with van der Waals surface area (Å²) in [6, 6.07) is 5.50. The minimum absolute atomic E-state index is 0.0944. The van der Waals surface area contributed by atoms with E-state index in [1.54, 1.807) is 10.6 Å². The van der Waals surface area contributed by atoms with Crippen LogP contribution in [0, 0.1) is 0 Å². The maximum Gasteiger partial charge on any atom is 0.152 e. The molecule has 11 heavy (non-hydrogen) atoms. The summed E-state index contributed by atoms with van der Waals surface area (Å²) in [5.41, 5.74) is 0.668. The molecule has 0 bridgehead atoms. The first-order valence-corrected chi connectivity index (χ1v) is 3.38. The highest BCUT2D eigenvalue weighted by Gasteiger charge is 1.88. The molecule has 4 nitrogen and oxygen atoms in total. The van der Waals surface area contributed by atoms with Crippen LogP contribution in [0.2, 0.25) is 0 Å². The van der Waals surface area contributed by atoms with E-state index in [2.05, 4.69) is 5.10 Å². The first-order chi connectivity index (χ1) is 5.38. The third kappa shape index (κ3) is 1.81. The maximum absolute atomic E-state index is 8.64. The van der Waals surface area contributed by atoms with Crippen LogP contribution >= 0.6 is 0 Å². The van der Waals surface area contributed by atoms with E-state index in [0.717, 1.165) is 0 Å². The normalized spacial score (nSPS) is 11.9. The average molecular weight is 153 g/mol. The third-order valence-corrected chi connectivity index (χ3v) is 1.39. The van der Waals surface area contributed by atoms with Gasteiger partial charge >= 0.3 is 0 Å². The molecule has 3 N–H and O–H groups in total. The molecule has 0 atom stereocenters. The van der Waals surface area contributed by atoms with Crippen molar-refractivity contribution in [2.75, 3.05) is 6.61 Å². The lowest BCUT2D eigenvalue weighted by molar-refractivity contribution is 0.273. The van der Waals surface area contributed by atoms with E-state index < -0.39 is 0 Å². The van der Waals surface area contributed by atoms with Crippen LogP contribution in [-0.4, -0.2) is 16.3 Å². The van der Waals surface area contributed by atoms with Gasteiger partial charge in [-0.1, -0.05) is 6.07 Å². The molecule has 1 rings (SSSR count). The van der Waals surface area contributed by atoms with Crippen LogP contribution < -0.4 is 11.3 Å². The summed E-state index contributed by atoms with van der Waals surface area (Å²) in [4.78, 5) is 0. The Morgan fingerprint density at radius 3 is 3.00 bits per heavy atom. The van der Waals surface area contributed by atoms with E-state index in [1.807, 2.05) is 18.3 Å². The molecule has 0 saturated carbocycles. The highest BCUT2D eigenvalue weighted by atomic mass is 16.3. The molecule has 0 aliphatic rings. The number of nitrogens with two attached hydrogens (primary N) is 1. The van der Waals surface area contributed by atoms with Crippen LogP contribution in [0.4, 0.5) is 0 Å². The van der Waals surface area contributed by atoms with E-state index in [9.17, 15) is 0 Å². The van der Waals surface area contributed by atoms with Crippen molar-refractivity contribution < 1.29 is 5.11 Å². The lowest BCUT2D eigenvalue weighted by atomic mass is 10.4. The molecule has 60 valence electrons. The number of aliphatic hydroxyl groups is 1. The summed E-state index contributed by atoms with van der Waals surface area (Å²) in [6.07, 6.45) is 1.82. The second-order valence-electron chi connectivity index (χ2n) is 2.10. The van der Waals surface area contributed by atoms with Gasteiger partial charge in [-0.25, -0.2) is 0 Å². The second kappa shape index (κ2) is 3.78. The molecule has 0 aliphatic carbocycles. The smallest absolute Gasteiger partial charge is 0.152 e. The quantitative estimate of drug-likeness (QED) is 0.434. The Morgan fingerprint density at radius 2 is 2.36 bits per heavy atom. The fourth-order valence-corrected chi connectivity index (χ4v) is 0.881. The minimum Gasteiger partial charge on any atom is -0.395 e. The van der Waals surface area contributed by atoms with E-state index in [-0.39, 0.29) is 6.61 Å². The monoisotopic (exact) mass is 153 g/mol. The average Bonchev–Trinajstić information content (AvgIpc) is 2.06. The zero-order chi connectivity index (χ0) is 8.10. The number of hydrogen-bond acceptors (Lipinski definition) is 3. The number of pyridine rings is 1. The van der Waals surface area contributed by atoms with Gasteiger partial charge < -0.3 is 15.5 Å². The van der Waals surface area contributed by atoms with Gasteiger partial charge in [0, 0.05) is 12.7 Å². The summed E-state index contributed by atoms with van der Waals surface area (Å²) in [5.74, 6) is 5.10. The Morgan fingerprint density at radius 1 is 1.55 bits per heavy atom. The fourth-order valence-electron chi connectivity index (χ4n) is 0.881. The van der Waals surface area contributed by atoms with Crippen LogP contribution in [-0.2, 0) is 6.54 Å². The minimum atomic E-state index is 0.0944. The summed E-state index contributed by atoms with van der Waals surface area (Å²) < 4.78 is 1.78. The predicted molar refractivity (Wildman–Crippen MR) is 41.3 cm³/mol. The molecule has 0 saturated heterocycles. The van der Waals surface area contributed by atoms with Crippen LogP contribution in [0.5, 0.6) is 0 Å². The third-order valence-electron chi connectivity index (χ3n) is 1.39. The van der Waals surface area contributed by atoms with Gasteiger partial charge in [-0.05, 0) is 12.1 Å². The molecule has 0 unspecified atom stereocenters. The van der Waals surface area contributed by atoms with Crippen LogP contribution in [0.15, 0.2) is 29.5 Å². The molecule has 0 fully saturated rings. The zero-order valence-corrected chi connectivity index (χ0v) is 6.14. The fraction of sp³-hybridized carbons (Fsp3) is 0.286. The Bertz CT molecular complexity index is 279. The molecular weight excluding hydrogens is 142 g/mol. The first kappa shape index (κ1) is 7.81. The molecule has 0 radical (unpaired) electrons. The number of aromatic nitrogens is 1. The van der Waals surface area contributed by atoms with Gasteiger partial charge in [0.25, 0.3) is 0 Å². The lowest BCUT2D eigenvalue weighted by Crippen LogP contribution is -2.22. The molecule has 0 amide bonds. The molecule has 1 aromatic rings. The van der Waals surface area contributed by atoms with Gasteiger partial charge in [0.15, 0.2) is 5.49 Å². The number of hydrogen-bond donors (Lipinski definition) is 2. The van der Waals surface area contributed by atoms with Crippen LogP contribution in [0.1, 0.15) is 0 Å². The first-order valence-electron chi connectivity index (χ1n) is 3.38. The summed E-state index contributed by atoms with van der Waals surface area (Å²) in [6.45, 7) is 0.619. The summed E-state index contributed by atoms with van der Waals surface area (Å²) in [7, 11) is 0. The molecule has 4 heteroatoms. The largest absolute Gasteiger partial charge is 0.395 e. The Kier molecular flexibility index (Phi) is 2.68. The van der Waals surface area contributed by atoms with Gasteiger partial charge in [0.1, 0.15) is 0 Å². The van der Waals surface area contributed by atoms with Crippen molar-refractivity contribution in [3.05, 3.63) is 29.9 Å². The molecule has 0 aromatic carbocycles. The summed E-state index contributed by atoms with van der Waals surface area (Å²) in [5, 5.41) is 12.2. The van der Waals surface area contributed by atoms with Crippen molar-refractivity contribution >= 4 is 0 Å². The highest BCUT2D eigenvalue weighted by Crippen LogP contribution is 1.80. The number of aliphatic hydroxyl groups excluding tert-OH is 1. The van der Waals surface area contributed by atoms with Crippen LogP contribution in [0.25, 0.3) is 0 Å². The van der Waals surface area contributed by atoms with Gasteiger partial charge in [0.2, 0.25) is 0 Å². The Hall–Kier alpha value is -1.29. The van der Waals surface area contributed by atoms with E-state index in [1.165, 1.54) is 0 Å². The molecule has 0 spiro atoms. The SMILES string of the molecule is N/N=c1/ccccn1CCO. The van der Waals surface area contributed by atoms with Crippen molar-refractivity contribution in [1.82, 2.24) is 4.57 Å². The van der Waals surface area contributed by atoms with E-state index in [0.29, 0.717) is 12.0 Å². The molecule has 1 heterocycles. The molecular formula is C7H11N3O. The highest BCUT2D eigenvalue weighted by molar-refractivity contribution is 4.92. The molecule has 0 aliphatic heterocycles. The Labute approximate surface area is 64.6 Å². The van der Waals surface area contributed by atoms with Crippen molar-refractivity contribution in [1.29, 1.82) is 0 Å². The van der Waals surface area contributed by atoms with E-state index in [4.69, 9.17) is 10.9 Å². The van der Waals surface area contributed by atoms with Crippen molar-refractivity contribution in [2.45, 2.75) is 6.54 Å². The number of nitrogens with zero attached hydrogens (tertiary/aromatic N) is 2. The van der Waals surface area contributed by atoms with Gasteiger partial charge in [-0.2, -0.15) is 5.10 Å². The van der Waals surface area contributed by atoms with Gasteiger partial charge in [-0.3, -0.25) is 0 Å². The molecule has 1 aromatic heterocycles. The maximum atomic E-state index is 8.64. The standard InChI is InChI=1S/C7H11N3O/c8-9-7-3-1-2-4-10(7)5-6-11/h1-4,11H,5-6,8H2/b9-7-. The predicted octanol–water partition coefficient (Wildman–Crippen LogP) is -0.745. The van der Waals surface area contributed by atoms with Crippen molar-refractivity contribution in [3.8, 4) is 0 Å². The topological polar surface area (TPSA) is 63.5 Å². The zero-order valence-electron chi connectivity index (χ0n) is 6.14. The van der Waals surface area contributed by atoms with Gasteiger partial charge in [0.05, 0.1) is 6.61 Å². The number of rotatable bonds is 2. The van der Waals surface area contributed by atoms with Crippen molar-refractivity contribution in [3.63, 3.8) is 0 Å². The second-order valence-corrected chi connectivity index (χ2v) is 2.10. The van der Waals surface area contributed by atoms with Crippen LogP contribution in [0.3, 0.4) is 0 Å². The van der Waals surface area contributed by atoms with Crippen molar-refractivity contribution in [2.24, 2.45) is 10.9 Å². The van der Waals surface area contributed by atoms with E-state index >= 15 is 0 Å². The lowest BCUT2D eigenvalue weighted by Gasteiger charge is -2.02. The van der Waals surface area contributed by atoms with Gasteiger partial charge in [-0.15, -0.1) is 0 Å². The summed E-state index contributed by atoms with van der Waals surface area (Å²) >= 11 is 0. The Balaban J connectivity index is 3.03.